The summed E-state index contributed by atoms with van der Waals surface area (Å²) in [6.07, 6.45) is 0. The van der Waals surface area contributed by atoms with Gasteiger partial charge < -0.3 is 0 Å². The van der Waals surface area contributed by atoms with E-state index in [1.807, 2.05) is 0 Å². The Hall–Kier alpha value is -0.960. The lowest BCUT2D eigenvalue weighted by Crippen LogP contribution is -2.19. The molecule has 16 heavy (non-hydrogen) atoms. The molecule has 0 aliphatic heterocycles. The Morgan fingerprint density at radius 2 is 1.75 bits per heavy atom. The lowest BCUT2D eigenvalue weighted by Gasteiger charge is -2.06. The highest BCUT2D eigenvalue weighted by molar-refractivity contribution is 7.89. The second-order valence-electron chi connectivity index (χ2n) is 3.18. The maximum Gasteiger partial charge on any atom is 0.240 e. The van der Waals surface area contributed by atoms with Crippen LogP contribution in [0.5, 0.6) is 0 Å². The number of sulfonamides is 2. The van der Waals surface area contributed by atoms with E-state index in [1.165, 1.54) is 32.2 Å². The van der Waals surface area contributed by atoms with E-state index in [0.29, 0.717) is 5.56 Å². The molecule has 0 aliphatic carbocycles. The average molecular weight is 264 g/mol. The predicted molar refractivity (Wildman–Crippen MR) is 58.8 cm³/mol. The third-order valence-electron chi connectivity index (χ3n) is 2.03. The fourth-order valence-electron chi connectivity index (χ4n) is 1.23. The van der Waals surface area contributed by atoms with Gasteiger partial charge in [-0.3, -0.25) is 0 Å². The smallest absolute Gasteiger partial charge is 0.225 e. The minimum atomic E-state index is -3.82. The number of nitrogens with one attached hydrogen (secondary N) is 1. The standard InChI is InChI=1S/C8H12N2O4S2/c1-6-5-7(16(13,14)10-2)3-4-8(6)15(9,11)12/h3-5,10H,1-2H3,(H2,9,11,12). The Kier molecular flexibility index (Phi) is 3.38. The lowest BCUT2D eigenvalue weighted by molar-refractivity contribution is 0.586. The Morgan fingerprint density at radius 3 is 2.12 bits per heavy atom. The van der Waals surface area contributed by atoms with Crippen LogP contribution in [0.2, 0.25) is 0 Å². The third-order valence-corrected chi connectivity index (χ3v) is 4.52. The van der Waals surface area contributed by atoms with Gasteiger partial charge in [0.2, 0.25) is 20.0 Å². The molecule has 0 amide bonds. The van der Waals surface area contributed by atoms with Crippen LogP contribution in [-0.4, -0.2) is 23.9 Å². The first kappa shape index (κ1) is 13.1. The molecule has 0 atom stereocenters. The van der Waals surface area contributed by atoms with Crippen LogP contribution in [0.1, 0.15) is 5.56 Å². The van der Waals surface area contributed by atoms with Crippen molar-refractivity contribution in [2.45, 2.75) is 16.7 Å². The molecule has 0 aromatic heterocycles. The van der Waals surface area contributed by atoms with Crippen LogP contribution >= 0.6 is 0 Å². The molecule has 0 saturated heterocycles. The zero-order valence-electron chi connectivity index (χ0n) is 8.76. The van der Waals surface area contributed by atoms with Gasteiger partial charge in [-0.2, -0.15) is 0 Å². The third kappa shape index (κ3) is 2.59. The Labute approximate surface area is 94.6 Å². The molecular weight excluding hydrogens is 252 g/mol. The first-order valence-corrected chi connectivity index (χ1v) is 7.28. The van der Waals surface area contributed by atoms with Crippen LogP contribution in [0.15, 0.2) is 28.0 Å². The van der Waals surface area contributed by atoms with Crippen molar-refractivity contribution in [2.75, 3.05) is 7.05 Å². The molecule has 0 spiro atoms. The number of benzene rings is 1. The second-order valence-corrected chi connectivity index (χ2v) is 6.60. The minimum absolute atomic E-state index is 0.0000926. The highest BCUT2D eigenvalue weighted by Gasteiger charge is 2.16. The van der Waals surface area contributed by atoms with Crippen LogP contribution < -0.4 is 9.86 Å². The van der Waals surface area contributed by atoms with E-state index in [-0.39, 0.29) is 9.79 Å². The zero-order valence-corrected chi connectivity index (χ0v) is 10.4. The molecule has 1 aromatic carbocycles. The fourth-order valence-corrected chi connectivity index (χ4v) is 2.81. The molecule has 0 unspecified atom stereocenters. The minimum Gasteiger partial charge on any atom is -0.225 e. The van der Waals surface area contributed by atoms with E-state index in [1.54, 1.807) is 0 Å². The van der Waals surface area contributed by atoms with Gasteiger partial charge in [0.1, 0.15) is 0 Å². The van der Waals surface area contributed by atoms with Gasteiger partial charge in [-0.25, -0.2) is 26.7 Å². The molecule has 0 saturated carbocycles. The van der Waals surface area contributed by atoms with Gasteiger partial charge in [0.15, 0.2) is 0 Å². The van der Waals surface area contributed by atoms with Crippen molar-refractivity contribution < 1.29 is 16.8 Å². The highest BCUT2D eigenvalue weighted by atomic mass is 32.2. The Bertz CT molecular complexity index is 605. The molecule has 0 bridgehead atoms. The summed E-state index contributed by atoms with van der Waals surface area (Å²) in [6.45, 7) is 1.48. The van der Waals surface area contributed by atoms with Crippen LogP contribution in [0.25, 0.3) is 0 Å². The fraction of sp³-hybridized carbons (Fsp3) is 0.250. The van der Waals surface area contributed by atoms with Gasteiger partial charge in [0, 0.05) is 0 Å². The maximum atomic E-state index is 11.4. The molecule has 1 aromatic rings. The lowest BCUT2D eigenvalue weighted by atomic mass is 10.2. The molecule has 8 heteroatoms. The van der Waals surface area contributed by atoms with Crippen molar-refractivity contribution >= 4 is 20.0 Å². The molecular formula is C8H12N2O4S2. The van der Waals surface area contributed by atoms with Crippen molar-refractivity contribution in [1.82, 2.24) is 4.72 Å². The van der Waals surface area contributed by atoms with Gasteiger partial charge in [-0.1, -0.05) is 0 Å². The molecule has 0 aliphatic rings. The second kappa shape index (κ2) is 4.13. The van der Waals surface area contributed by atoms with Crippen LogP contribution in [-0.2, 0) is 20.0 Å². The van der Waals surface area contributed by atoms with Crippen molar-refractivity contribution in [2.24, 2.45) is 5.14 Å². The van der Waals surface area contributed by atoms with Gasteiger partial charge in [-0.05, 0) is 37.7 Å². The van der Waals surface area contributed by atoms with Crippen molar-refractivity contribution in [3.63, 3.8) is 0 Å². The van der Waals surface area contributed by atoms with Crippen LogP contribution in [0.3, 0.4) is 0 Å². The molecule has 1 rings (SSSR count). The molecule has 90 valence electrons. The van der Waals surface area contributed by atoms with E-state index < -0.39 is 20.0 Å². The summed E-state index contributed by atoms with van der Waals surface area (Å²) in [5.41, 5.74) is 0.291. The van der Waals surface area contributed by atoms with E-state index in [2.05, 4.69) is 4.72 Å². The molecule has 0 fully saturated rings. The van der Waals surface area contributed by atoms with E-state index >= 15 is 0 Å². The summed E-state index contributed by atoms with van der Waals surface area (Å²) in [7, 11) is -6.11. The van der Waals surface area contributed by atoms with E-state index in [4.69, 9.17) is 5.14 Å². The van der Waals surface area contributed by atoms with Crippen LogP contribution in [0, 0.1) is 6.92 Å². The van der Waals surface area contributed by atoms with E-state index in [0.717, 1.165) is 0 Å². The first-order chi connectivity index (χ1) is 7.18. The predicted octanol–water partition coefficient (Wildman–Crippen LogP) is -0.449. The number of hydrogen-bond donors (Lipinski definition) is 2. The van der Waals surface area contributed by atoms with Crippen LogP contribution in [0.4, 0.5) is 0 Å². The van der Waals surface area contributed by atoms with Gasteiger partial charge in [0.05, 0.1) is 9.79 Å². The van der Waals surface area contributed by atoms with Gasteiger partial charge in [-0.15, -0.1) is 0 Å². The summed E-state index contributed by atoms with van der Waals surface area (Å²) in [4.78, 5) is -0.0811. The SMILES string of the molecule is CNS(=O)(=O)c1ccc(S(N)(=O)=O)c(C)c1. The summed E-state index contributed by atoms with van der Waals surface area (Å²) < 4.78 is 47.2. The number of aryl methyl sites for hydroxylation is 1. The largest absolute Gasteiger partial charge is 0.240 e. The van der Waals surface area contributed by atoms with Crippen molar-refractivity contribution in [3.05, 3.63) is 23.8 Å². The van der Waals surface area contributed by atoms with Crippen molar-refractivity contribution in [1.29, 1.82) is 0 Å². The summed E-state index contributed by atoms with van der Waals surface area (Å²) in [6, 6.07) is 3.62. The maximum absolute atomic E-state index is 11.4. The quantitative estimate of drug-likeness (QED) is 0.771. The number of rotatable bonds is 3. The normalized spacial score (nSPS) is 12.7. The monoisotopic (exact) mass is 264 g/mol. The topological polar surface area (TPSA) is 106 Å². The highest BCUT2D eigenvalue weighted by Crippen LogP contribution is 2.18. The molecule has 0 heterocycles. The average Bonchev–Trinajstić information content (AvgIpc) is 2.15. The first-order valence-electron chi connectivity index (χ1n) is 4.25. The number of primary sulfonamides is 1. The summed E-state index contributed by atoms with van der Waals surface area (Å²) >= 11 is 0. The van der Waals surface area contributed by atoms with Crippen molar-refractivity contribution in [3.8, 4) is 0 Å². The zero-order chi connectivity index (χ0) is 12.6. The molecule has 6 nitrogen and oxygen atoms in total. The summed E-state index contributed by atoms with van der Waals surface area (Å²) in [5.74, 6) is 0. The van der Waals surface area contributed by atoms with E-state index in [9.17, 15) is 16.8 Å². The Morgan fingerprint density at radius 1 is 1.19 bits per heavy atom. The number of nitrogens with two attached hydrogens (primary N) is 1. The molecule has 3 N–H and O–H groups in total. The Balaban J connectivity index is 3.42. The number of hydrogen-bond acceptors (Lipinski definition) is 4. The summed E-state index contributed by atoms with van der Waals surface area (Å²) in [5, 5.41) is 4.96. The van der Waals surface area contributed by atoms with Gasteiger partial charge in [0.25, 0.3) is 0 Å². The molecule has 0 radical (unpaired) electrons. The van der Waals surface area contributed by atoms with Gasteiger partial charge >= 0.3 is 0 Å².